The van der Waals surface area contributed by atoms with E-state index in [0.29, 0.717) is 19.7 Å². The number of nitrogens with zero attached hydrogens (tertiary/aromatic N) is 1. The Labute approximate surface area is 119 Å². The standard InChI is InChI=1S/C13H16BrNO4/c14-12-5-9(13(17)18)1-2-10(12)6-15-3-4-19-11(7-15)8-16/h1-2,5,11,16H,3-4,6-8H2,(H,17,18). The highest BCUT2D eigenvalue weighted by atomic mass is 79.9. The molecule has 2 rings (SSSR count). The van der Waals surface area contributed by atoms with Gasteiger partial charge in [0.2, 0.25) is 0 Å². The molecule has 104 valence electrons. The number of aliphatic hydroxyl groups excluding tert-OH is 1. The number of benzene rings is 1. The average Bonchev–Trinajstić information content (AvgIpc) is 2.41. The minimum atomic E-state index is -0.932. The number of ether oxygens (including phenoxy) is 1. The van der Waals surface area contributed by atoms with Crippen molar-refractivity contribution < 1.29 is 19.7 Å². The zero-order valence-electron chi connectivity index (χ0n) is 10.4. The molecular weight excluding hydrogens is 314 g/mol. The minimum absolute atomic E-state index is 0.0234. The Morgan fingerprint density at radius 2 is 2.32 bits per heavy atom. The molecule has 0 radical (unpaired) electrons. The van der Waals surface area contributed by atoms with Crippen LogP contribution in [-0.2, 0) is 11.3 Å². The van der Waals surface area contributed by atoms with E-state index in [9.17, 15) is 4.79 Å². The van der Waals surface area contributed by atoms with Crippen LogP contribution in [0.1, 0.15) is 15.9 Å². The van der Waals surface area contributed by atoms with E-state index in [1.807, 2.05) is 6.07 Å². The van der Waals surface area contributed by atoms with Gasteiger partial charge in [-0.15, -0.1) is 0 Å². The van der Waals surface area contributed by atoms with Gasteiger partial charge in [0.15, 0.2) is 0 Å². The van der Waals surface area contributed by atoms with Crippen LogP contribution in [-0.4, -0.2) is 53.5 Å². The topological polar surface area (TPSA) is 70.0 Å². The average molecular weight is 330 g/mol. The summed E-state index contributed by atoms with van der Waals surface area (Å²) in [4.78, 5) is 13.0. The van der Waals surface area contributed by atoms with E-state index in [1.165, 1.54) is 0 Å². The van der Waals surface area contributed by atoms with Crippen molar-refractivity contribution in [2.24, 2.45) is 0 Å². The smallest absolute Gasteiger partial charge is 0.335 e. The molecule has 0 aliphatic carbocycles. The van der Waals surface area contributed by atoms with Crippen LogP contribution in [0.25, 0.3) is 0 Å². The first-order valence-electron chi connectivity index (χ1n) is 6.06. The SMILES string of the molecule is O=C(O)c1ccc(CN2CCOC(CO)C2)c(Br)c1. The number of hydrogen-bond acceptors (Lipinski definition) is 4. The molecule has 1 heterocycles. The number of rotatable bonds is 4. The van der Waals surface area contributed by atoms with E-state index in [1.54, 1.807) is 12.1 Å². The highest BCUT2D eigenvalue weighted by molar-refractivity contribution is 9.10. The zero-order valence-corrected chi connectivity index (χ0v) is 12.0. The maximum Gasteiger partial charge on any atom is 0.335 e. The molecule has 6 heteroatoms. The van der Waals surface area contributed by atoms with Gasteiger partial charge in [0, 0.05) is 24.1 Å². The Morgan fingerprint density at radius 1 is 1.53 bits per heavy atom. The summed E-state index contributed by atoms with van der Waals surface area (Å²) in [6, 6.07) is 5.03. The van der Waals surface area contributed by atoms with Crippen molar-refractivity contribution in [2.45, 2.75) is 12.6 Å². The van der Waals surface area contributed by atoms with E-state index in [-0.39, 0.29) is 18.3 Å². The van der Waals surface area contributed by atoms with Gasteiger partial charge in [-0.25, -0.2) is 4.79 Å². The first kappa shape index (κ1) is 14.5. The Kier molecular flexibility index (Phi) is 4.93. The molecule has 5 nitrogen and oxygen atoms in total. The Bertz CT molecular complexity index is 466. The van der Waals surface area contributed by atoms with E-state index >= 15 is 0 Å². The van der Waals surface area contributed by atoms with Crippen LogP contribution in [0.15, 0.2) is 22.7 Å². The fourth-order valence-corrected chi connectivity index (χ4v) is 2.59. The molecule has 2 N–H and O–H groups in total. The van der Waals surface area contributed by atoms with Crippen molar-refractivity contribution in [3.8, 4) is 0 Å². The molecular formula is C13H16BrNO4. The lowest BCUT2D eigenvalue weighted by Crippen LogP contribution is -2.43. The number of aromatic carboxylic acids is 1. The summed E-state index contributed by atoms with van der Waals surface area (Å²) in [5, 5.41) is 18.0. The number of carboxylic acids is 1. The van der Waals surface area contributed by atoms with Gasteiger partial charge < -0.3 is 14.9 Å². The second kappa shape index (κ2) is 6.47. The summed E-state index contributed by atoms with van der Waals surface area (Å²) >= 11 is 3.40. The van der Waals surface area contributed by atoms with Gasteiger partial charge in [-0.1, -0.05) is 22.0 Å². The molecule has 1 saturated heterocycles. The van der Waals surface area contributed by atoms with E-state index in [4.69, 9.17) is 14.9 Å². The van der Waals surface area contributed by atoms with Crippen LogP contribution in [0.4, 0.5) is 0 Å². The zero-order chi connectivity index (χ0) is 13.8. The molecule has 0 spiro atoms. The minimum Gasteiger partial charge on any atom is -0.478 e. The fourth-order valence-electron chi connectivity index (χ4n) is 2.08. The lowest BCUT2D eigenvalue weighted by Gasteiger charge is -2.32. The first-order chi connectivity index (χ1) is 9.10. The van der Waals surface area contributed by atoms with Crippen LogP contribution < -0.4 is 0 Å². The normalized spacial score (nSPS) is 20.4. The predicted molar refractivity (Wildman–Crippen MR) is 73.2 cm³/mol. The van der Waals surface area contributed by atoms with Crippen molar-refractivity contribution in [2.75, 3.05) is 26.3 Å². The third-order valence-corrected chi connectivity index (χ3v) is 3.86. The molecule has 1 aliphatic heterocycles. The summed E-state index contributed by atoms with van der Waals surface area (Å²) in [5.41, 5.74) is 1.30. The van der Waals surface area contributed by atoms with Gasteiger partial charge in [0.1, 0.15) is 0 Å². The van der Waals surface area contributed by atoms with E-state index < -0.39 is 5.97 Å². The molecule has 0 aromatic heterocycles. The van der Waals surface area contributed by atoms with E-state index in [2.05, 4.69) is 20.8 Å². The van der Waals surface area contributed by atoms with E-state index in [0.717, 1.165) is 16.6 Å². The van der Waals surface area contributed by atoms with Crippen LogP contribution in [0.3, 0.4) is 0 Å². The van der Waals surface area contributed by atoms with Gasteiger partial charge in [0.25, 0.3) is 0 Å². The van der Waals surface area contributed by atoms with Gasteiger partial charge in [0.05, 0.1) is 24.9 Å². The Hall–Kier alpha value is -0.950. The van der Waals surface area contributed by atoms with Crippen LogP contribution in [0, 0.1) is 0 Å². The number of aliphatic hydroxyl groups is 1. The van der Waals surface area contributed by atoms with Gasteiger partial charge in [-0.3, -0.25) is 4.90 Å². The maximum atomic E-state index is 10.9. The van der Waals surface area contributed by atoms with Crippen molar-refractivity contribution in [1.29, 1.82) is 0 Å². The monoisotopic (exact) mass is 329 g/mol. The van der Waals surface area contributed by atoms with Gasteiger partial charge in [-0.05, 0) is 17.7 Å². The molecule has 1 aromatic carbocycles. The van der Waals surface area contributed by atoms with Crippen LogP contribution in [0.5, 0.6) is 0 Å². The number of carbonyl (C=O) groups is 1. The molecule has 0 amide bonds. The highest BCUT2D eigenvalue weighted by Crippen LogP contribution is 2.21. The second-order valence-corrected chi connectivity index (χ2v) is 5.38. The lowest BCUT2D eigenvalue weighted by molar-refractivity contribution is -0.0551. The van der Waals surface area contributed by atoms with Gasteiger partial charge >= 0.3 is 5.97 Å². The van der Waals surface area contributed by atoms with Gasteiger partial charge in [-0.2, -0.15) is 0 Å². The quantitative estimate of drug-likeness (QED) is 0.872. The third kappa shape index (κ3) is 3.76. The molecule has 19 heavy (non-hydrogen) atoms. The van der Waals surface area contributed by atoms with Crippen LogP contribution in [0.2, 0.25) is 0 Å². The molecule has 1 aliphatic rings. The first-order valence-corrected chi connectivity index (χ1v) is 6.86. The summed E-state index contributed by atoms with van der Waals surface area (Å²) in [6.07, 6.45) is -0.134. The third-order valence-electron chi connectivity index (χ3n) is 3.12. The molecule has 1 unspecified atom stereocenters. The summed E-state index contributed by atoms with van der Waals surface area (Å²) in [7, 11) is 0. The van der Waals surface area contributed by atoms with Crippen molar-refractivity contribution in [3.05, 3.63) is 33.8 Å². The molecule has 0 saturated carbocycles. The number of hydrogen-bond donors (Lipinski definition) is 2. The summed E-state index contributed by atoms with van der Waals surface area (Å²) in [6.45, 7) is 2.83. The molecule has 1 fully saturated rings. The van der Waals surface area contributed by atoms with Crippen molar-refractivity contribution >= 4 is 21.9 Å². The largest absolute Gasteiger partial charge is 0.478 e. The molecule has 0 bridgehead atoms. The lowest BCUT2D eigenvalue weighted by atomic mass is 10.1. The molecule has 1 aromatic rings. The fraction of sp³-hybridized carbons (Fsp3) is 0.462. The predicted octanol–water partition coefficient (Wildman–Crippen LogP) is 1.34. The van der Waals surface area contributed by atoms with Crippen molar-refractivity contribution in [1.82, 2.24) is 4.90 Å². The molecule has 1 atom stereocenters. The highest BCUT2D eigenvalue weighted by Gasteiger charge is 2.20. The Morgan fingerprint density at radius 3 is 2.95 bits per heavy atom. The Balaban J connectivity index is 2.04. The summed E-state index contributed by atoms with van der Waals surface area (Å²) in [5.74, 6) is -0.932. The number of carboxylic acid groups (broad SMARTS) is 1. The van der Waals surface area contributed by atoms with Crippen molar-refractivity contribution in [3.63, 3.8) is 0 Å². The maximum absolute atomic E-state index is 10.9. The number of morpholine rings is 1. The second-order valence-electron chi connectivity index (χ2n) is 4.52. The van der Waals surface area contributed by atoms with Crippen LogP contribution >= 0.6 is 15.9 Å². The summed E-state index contributed by atoms with van der Waals surface area (Å²) < 4.78 is 6.19. The number of halogens is 1.